The third kappa shape index (κ3) is 2.00. The van der Waals surface area contributed by atoms with E-state index in [2.05, 4.69) is 9.97 Å². The van der Waals surface area contributed by atoms with E-state index in [1.165, 1.54) is 12.1 Å². The Morgan fingerprint density at radius 1 is 1.47 bits per heavy atom. The first-order chi connectivity index (χ1) is 7.20. The van der Waals surface area contributed by atoms with Crippen LogP contribution < -0.4 is 0 Å². The minimum Gasteiger partial charge on any atom is -0.388 e. The van der Waals surface area contributed by atoms with Crippen molar-refractivity contribution in [3.8, 4) is 11.3 Å². The zero-order valence-electron chi connectivity index (χ0n) is 7.67. The molecule has 0 spiro atoms. The molecule has 1 aromatic heterocycles. The normalized spacial score (nSPS) is 10.6. The summed E-state index contributed by atoms with van der Waals surface area (Å²) in [5.74, 6) is 0.00719. The quantitative estimate of drug-likeness (QED) is 0.826. The van der Waals surface area contributed by atoms with Gasteiger partial charge in [-0.15, -0.1) is 0 Å². The van der Waals surface area contributed by atoms with Gasteiger partial charge < -0.3 is 10.1 Å². The van der Waals surface area contributed by atoms with Crippen LogP contribution in [0.4, 0.5) is 4.39 Å². The van der Waals surface area contributed by atoms with Gasteiger partial charge in [0.25, 0.3) is 0 Å². The van der Waals surface area contributed by atoms with Crippen molar-refractivity contribution in [3.63, 3.8) is 0 Å². The van der Waals surface area contributed by atoms with E-state index in [1.807, 2.05) is 0 Å². The molecule has 15 heavy (non-hydrogen) atoms. The summed E-state index contributed by atoms with van der Waals surface area (Å²) in [7, 11) is 0. The fourth-order valence-electron chi connectivity index (χ4n) is 1.25. The van der Waals surface area contributed by atoms with Gasteiger partial charge in [-0.3, -0.25) is 0 Å². The number of imidazole rings is 1. The Morgan fingerprint density at radius 2 is 2.27 bits per heavy atom. The molecular weight excluding hydrogens is 219 g/mol. The van der Waals surface area contributed by atoms with Crippen LogP contribution in [0.5, 0.6) is 0 Å². The van der Waals surface area contributed by atoms with Gasteiger partial charge in [-0.1, -0.05) is 11.6 Å². The molecule has 3 nitrogen and oxygen atoms in total. The number of benzene rings is 1. The SMILES string of the molecule is OCc1ncc(-c2ccc(F)c(Cl)c2)[nH]1. The molecule has 5 heteroatoms. The van der Waals surface area contributed by atoms with Crippen LogP contribution >= 0.6 is 11.6 Å². The average Bonchev–Trinajstić information content (AvgIpc) is 2.70. The lowest BCUT2D eigenvalue weighted by molar-refractivity contribution is 0.272. The largest absolute Gasteiger partial charge is 0.388 e. The molecule has 1 aromatic carbocycles. The van der Waals surface area contributed by atoms with Crippen molar-refractivity contribution in [2.45, 2.75) is 6.61 Å². The van der Waals surface area contributed by atoms with Gasteiger partial charge in [-0.05, 0) is 18.2 Å². The topological polar surface area (TPSA) is 48.9 Å². The van der Waals surface area contributed by atoms with Gasteiger partial charge in [0.15, 0.2) is 0 Å². The molecule has 0 bridgehead atoms. The zero-order chi connectivity index (χ0) is 10.8. The number of nitrogens with one attached hydrogen (secondary N) is 1. The molecular formula is C10H8ClFN2O. The number of halogens is 2. The van der Waals surface area contributed by atoms with Crippen LogP contribution in [-0.2, 0) is 6.61 Å². The molecule has 0 aliphatic rings. The lowest BCUT2D eigenvalue weighted by atomic mass is 10.2. The lowest BCUT2D eigenvalue weighted by Crippen LogP contribution is -1.85. The molecule has 2 N–H and O–H groups in total. The van der Waals surface area contributed by atoms with E-state index in [0.717, 1.165) is 5.56 Å². The number of rotatable bonds is 2. The summed E-state index contributed by atoms with van der Waals surface area (Å²) in [5.41, 5.74) is 1.43. The zero-order valence-corrected chi connectivity index (χ0v) is 8.42. The van der Waals surface area contributed by atoms with Gasteiger partial charge in [0.1, 0.15) is 18.2 Å². The molecule has 0 radical (unpaired) electrons. The third-order valence-electron chi connectivity index (χ3n) is 2.01. The second kappa shape index (κ2) is 4.00. The first-order valence-electron chi connectivity index (χ1n) is 4.31. The highest BCUT2D eigenvalue weighted by Crippen LogP contribution is 2.23. The maximum Gasteiger partial charge on any atom is 0.141 e. The van der Waals surface area contributed by atoms with Crippen LogP contribution in [0.25, 0.3) is 11.3 Å². The number of aliphatic hydroxyl groups is 1. The van der Waals surface area contributed by atoms with E-state index < -0.39 is 5.82 Å². The summed E-state index contributed by atoms with van der Waals surface area (Å²) in [4.78, 5) is 6.80. The Kier molecular flexibility index (Phi) is 2.70. The van der Waals surface area contributed by atoms with Crippen molar-refractivity contribution in [1.82, 2.24) is 9.97 Å². The van der Waals surface area contributed by atoms with Gasteiger partial charge in [0.05, 0.1) is 16.9 Å². The van der Waals surface area contributed by atoms with Crippen LogP contribution in [0.2, 0.25) is 5.02 Å². The molecule has 2 rings (SSSR count). The summed E-state index contributed by atoms with van der Waals surface area (Å²) < 4.78 is 12.9. The molecule has 0 fully saturated rings. The van der Waals surface area contributed by atoms with Gasteiger partial charge in [0.2, 0.25) is 0 Å². The third-order valence-corrected chi connectivity index (χ3v) is 2.30. The molecule has 2 aromatic rings. The number of H-pyrrole nitrogens is 1. The smallest absolute Gasteiger partial charge is 0.141 e. The van der Waals surface area contributed by atoms with E-state index >= 15 is 0 Å². The van der Waals surface area contributed by atoms with E-state index in [1.54, 1.807) is 12.3 Å². The van der Waals surface area contributed by atoms with Crippen molar-refractivity contribution >= 4 is 11.6 Å². The van der Waals surface area contributed by atoms with Crippen molar-refractivity contribution < 1.29 is 9.50 Å². The Bertz CT molecular complexity index is 484. The second-order valence-electron chi connectivity index (χ2n) is 3.03. The van der Waals surface area contributed by atoms with Crippen LogP contribution in [0, 0.1) is 5.82 Å². The number of hydrogen-bond acceptors (Lipinski definition) is 2. The molecule has 1 heterocycles. The Labute approximate surface area is 90.5 Å². The number of hydrogen-bond donors (Lipinski definition) is 2. The van der Waals surface area contributed by atoms with E-state index in [0.29, 0.717) is 11.5 Å². The summed E-state index contributed by atoms with van der Waals surface area (Å²) >= 11 is 5.65. The van der Waals surface area contributed by atoms with Crippen LogP contribution in [0.15, 0.2) is 24.4 Å². The molecule has 0 aliphatic heterocycles. The number of aromatic amines is 1. The number of aliphatic hydroxyl groups excluding tert-OH is 1. The Morgan fingerprint density at radius 3 is 2.87 bits per heavy atom. The Balaban J connectivity index is 2.40. The minimum absolute atomic E-state index is 0.0626. The molecule has 0 amide bonds. The van der Waals surface area contributed by atoms with E-state index in [9.17, 15) is 4.39 Å². The predicted octanol–water partition coefficient (Wildman–Crippen LogP) is 2.36. The summed E-state index contributed by atoms with van der Waals surface area (Å²) in [6.07, 6.45) is 1.56. The van der Waals surface area contributed by atoms with Crippen LogP contribution in [0.1, 0.15) is 5.82 Å². The molecule has 0 saturated heterocycles. The van der Waals surface area contributed by atoms with Crippen molar-refractivity contribution in [2.75, 3.05) is 0 Å². The highest BCUT2D eigenvalue weighted by molar-refractivity contribution is 6.31. The minimum atomic E-state index is -0.456. The average molecular weight is 227 g/mol. The molecule has 0 saturated carbocycles. The standard InChI is InChI=1S/C10H8ClFN2O/c11-7-3-6(1-2-8(7)12)9-4-13-10(5-15)14-9/h1-4,15H,5H2,(H,13,14). The monoisotopic (exact) mass is 226 g/mol. The summed E-state index contributed by atoms with van der Waals surface area (Å²) in [6.45, 7) is -0.158. The van der Waals surface area contributed by atoms with Crippen LogP contribution in [-0.4, -0.2) is 15.1 Å². The van der Waals surface area contributed by atoms with Gasteiger partial charge in [-0.25, -0.2) is 9.37 Å². The molecule has 0 atom stereocenters. The molecule has 78 valence electrons. The van der Waals surface area contributed by atoms with Gasteiger partial charge in [0, 0.05) is 5.56 Å². The molecule has 0 unspecified atom stereocenters. The first kappa shape index (κ1) is 10.1. The van der Waals surface area contributed by atoms with Crippen molar-refractivity contribution in [2.24, 2.45) is 0 Å². The maximum absolute atomic E-state index is 12.9. The fourth-order valence-corrected chi connectivity index (χ4v) is 1.43. The first-order valence-corrected chi connectivity index (χ1v) is 4.68. The number of aromatic nitrogens is 2. The fraction of sp³-hybridized carbons (Fsp3) is 0.100. The summed E-state index contributed by atoms with van der Waals surface area (Å²) in [5, 5.41) is 8.88. The predicted molar refractivity (Wildman–Crippen MR) is 54.9 cm³/mol. The van der Waals surface area contributed by atoms with Crippen LogP contribution in [0.3, 0.4) is 0 Å². The second-order valence-corrected chi connectivity index (χ2v) is 3.44. The van der Waals surface area contributed by atoms with E-state index in [4.69, 9.17) is 16.7 Å². The van der Waals surface area contributed by atoms with Gasteiger partial charge in [-0.2, -0.15) is 0 Å². The lowest BCUT2D eigenvalue weighted by Gasteiger charge is -1.99. The highest BCUT2D eigenvalue weighted by atomic mass is 35.5. The maximum atomic E-state index is 12.9. The number of nitrogens with zero attached hydrogens (tertiary/aromatic N) is 1. The Hall–Kier alpha value is -1.39. The van der Waals surface area contributed by atoms with Crippen molar-refractivity contribution in [3.05, 3.63) is 41.1 Å². The highest BCUT2D eigenvalue weighted by Gasteiger charge is 2.05. The van der Waals surface area contributed by atoms with E-state index in [-0.39, 0.29) is 11.6 Å². The summed E-state index contributed by atoms with van der Waals surface area (Å²) in [6, 6.07) is 4.39. The molecule has 0 aliphatic carbocycles. The van der Waals surface area contributed by atoms with Crippen molar-refractivity contribution in [1.29, 1.82) is 0 Å². The van der Waals surface area contributed by atoms with Gasteiger partial charge >= 0.3 is 0 Å².